The molecule has 0 aliphatic carbocycles. The second-order valence-corrected chi connectivity index (χ2v) is 7.40. The molecule has 2 aromatic rings. The quantitative estimate of drug-likeness (QED) is 0.751. The topological polar surface area (TPSA) is 48.0 Å². The first kappa shape index (κ1) is 18.8. The van der Waals surface area contributed by atoms with Crippen LogP contribution in [-0.4, -0.2) is 43.8 Å². The highest BCUT2D eigenvalue weighted by Crippen LogP contribution is 2.34. The van der Waals surface area contributed by atoms with Crippen molar-refractivity contribution in [2.24, 2.45) is 0 Å². The Morgan fingerprint density at radius 2 is 1.96 bits per heavy atom. The van der Waals surface area contributed by atoms with Crippen LogP contribution in [0.4, 0.5) is 0 Å². The van der Waals surface area contributed by atoms with Gasteiger partial charge in [0.05, 0.1) is 19.3 Å². The van der Waals surface area contributed by atoms with E-state index >= 15 is 0 Å². The lowest BCUT2D eigenvalue weighted by molar-refractivity contribution is 0.0676. The maximum Gasteiger partial charge on any atom is 0.254 e. The Kier molecular flexibility index (Phi) is 5.81. The normalized spacial score (nSPS) is 21.7. The number of hydrogen-bond donors (Lipinski definition) is 0. The molecule has 0 saturated carbocycles. The van der Waals surface area contributed by atoms with E-state index in [4.69, 9.17) is 14.2 Å². The number of carbonyl (C=O) groups excluding carboxylic acids is 1. The summed E-state index contributed by atoms with van der Waals surface area (Å²) in [6.07, 6.45) is 4.28. The molecule has 5 heteroatoms. The van der Waals surface area contributed by atoms with Gasteiger partial charge in [-0.15, -0.1) is 0 Å². The summed E-state index contributed by atoms with van der Waals surface area (Å²) >= 11 is 0. The van der Waals surface area contributed by atoms with Gasteiger partial charge in [0.1, 0.15) is 18.1 Å². The molecule has 5 nitrogen and oxygen atoms in total. The predicted molar refractivity (Wildman–Crippen MR) is 107 cm³/mol. The van der Waals surface area contributed by atoms with Crippen LogP contribution < -0.4 is 9.47 Å². The Bertz CT molecular complexity index is 799. The predicted octanol–water partition coefficient (Wildman–Crippen LogP) is 4.23. The molecule has 28 heavy (non-hydrogen) atoms. The minimum atomic E-state index is 0.0564. The highest BCUT2D eigenvalue weighted by molar-refractivity contribution is 5.95. The van der Waals surface area contributed by atoms with E-state index in [2.05, 4.69) is 12.1 Å². The molecular weight excluding hydrogens is 354 g/mol. The number of methoxy groups -OCH3 is 1. The van der Waals surface area contributed by atoms with Crippen molar-refractivity contribution >= 4 is 5.91 Å². The van der Waals surface area contributed by atoms with E-state index in [1.165, 1.54) is 0 Å². The number of likely N-dealkylation sites (tertiary alicyclic amines) is 1. The fraction of sp³-hybridized carbons (Fsp3) is 0.435. The van der Waals surface area contributed by atoms with Crippen LogP contribution in [0.3, 0.4) is 0 Å². The Labute approximate surface area is 166 Å². The van der Waals surface area contributed by atoms with Crippen LogP contribution in [0, 0.1) is 0 Å². The number of amides is 1. The lowest BCUT2D eigenvalue weighted by Crippen LogP contribution is -2.30. The number of carbonyl (C=O) groups is 1. The summed E-state index contributed by atoms with van der Waals surface area (Å²) in [5, 5.41) is 0. The third-order valence-corrected chi connectivity index (χ3v) is 5.56. The van der Waals surface area contributed by atoms with E-state index in [0.717, 1.165) is 55.9 Å². The van der Waals surface area contributed by atoms with Crippen LogP contribution in [0.1, 0.15) is 47.6 Å². The molecule has 0 aromatic heterocycles. The van der Waals surface area contributed by atoms with Crippen LogP contribution in [0.5, 0.6) is 11.5 Å². The van der Waals surface area contributed by atoms with Crippen LogP contribution >= 0.6 is 0 Å². The van der Waals surface area contributed by atoms with Gasteiger partial charge in [-0.3, -0.25) is 4.79 Å². The highest BCUT2D eigenvalue weighted by Gasteiger charge is 2.30. The fourth-order valence-electron chi connectivity index (χ4n) is 4.03. The highest BCUT2D eigenvalue weighted by atomic mass is 16.5. The zero-order chi connectivity index (χ0) is 19.3. The van der Waals surface area contributed by atoms with Crippen molar-refractivity contribution in [3.8, 4) is 11.5 Å². The second-order valence-electron chi connectivity index (χ2n) is 7.40. The van der Waals surface area contributed by atoms with E-state index in [1.807, 2.05) is 41.3 Å². The molecule has 2 aliphatic heterocycles. The molecule has 4 rings (SSSR count). The molecule has 2 atom stereocenters. The van der Waals surface area contributed by atoms with Crippen molar-refractivity contribution in [1.29, 1.82) is 0 Å². The summed E-state index contributed by atoms with van der Waals surface area (Å²) in [4.78, 5) is 15.2. The van der Waals surface area contributed by atoms with Gasteiger partial charge >= 0.3 is 0 Å². The number of benzene rings is 2. The summed E-state index contributed by atoms with van der Waals surface area (Å²) in [5.41, 5.74) is 1.82. The summed E-state index contributed by atoms with van der Waals surface area (Å²) < 4.78 is 16.7. The zero-order valence-corrected chi connectivity index (χ0v) is 16.3. The van der Waals surface area contributed by atoms with Crippen molar-refractivity contribution < 1.29 is 19.0 Å². The summed E-state index contributed by atoms with van der Waals surface area (Å²) in [7, 11) is 1.66. The van der Waals surface area contributed by atoms with Gasteiger partial charge < -0.3 is 19.1 Å². The maximum atomic E-state index is 13.2. The number of ether oxygens (including phenoxy) is 3. The van der Waals surface area contributed by atoms with Crippen molar-refractivity contribution in [2.45, 2.75) is 37.8 Å². The van der Waals surface area contributed by atoms with E-state index in [-0.39, 0.29) is 18.1 Å². The Morgan fingerprint density at radius 1 is 1.11 bits per heavy atom. The monoisotopic (exact) mass is 381 g/mol. The van der Waals surface area contributed by atoms with Crippen LogP contribution in [0.25, 0.3) is 0 Å². The van der Waals surface area contributed by atoms with E-state index in [1.54, 1.807) is 7.11 Å². The van der Waals surface area contributed by atoms with Gasteiger partial charge in [0.15, 0.2) is 0 Å². The molecule has 2 saturated heterocycles. The molecule has 0 N–H and O–H groups in total. The van der Waals surface area contributed by atoms with Gasteiger partial charge in [-0.1, -0.05) is 18.2 Å². The van der Waals surface area contributed by atoms with Crippen molar-refractivity contribution in [1.82, 2.24) is 4.90 Å². The fourth-order valence-corrected chi connectivity index (χ4v) is 4.03. The molecule has 148 valence electrons. The van der Waals surface area contributed by atoms with Crippen molar-refractivity contribution in [3.05, 3.63) is 59.7 Å². The van der Waals surface area contributed by atoms with E-state index in [9.17, 15) is 4.79 Å². The first-order valence-corrected chi connectivity index (χ1v) is 10.0. The minimum Gasteiger partial charge on any atom is -0.497 e. The minimum absolute atomic E-state index is 0.0564. The van der Waals surface area contributed by atoms with Gasteiger partial charge in [-0.25, -0.2) is 0 Å². The maximum absolute atomic E-state index is 13.2. The molecule has 1 amide bonds. The average Bonchev–Trinajstić information content (AvgIpc) is 3.44. The molecule has 0 radical (unpaired) electrons. The van der Waals surface area contributed by atoms with Gasteiger partial charge in [-0.2, -0.15) is 0 Å². The Balaban J connectivity index is 1.45. The van der Waals surface area contributed by atoms with E-state index < -0.39 is 0 Å². The van der Waals surface area contributed by atoms with Crippen molar-refractivity contribution in [2.75, 3.05) is 26.9 Å². The summed E-state index contributed by atoms with van der Waals surface area (Å²) in [6, 6.07) is 15.6. The number of nitrogens with zero attached hydrogens (tertiary/aromatic N) is 1. The van der Waals surface area contributed by atoms with Crippen LogP contribution in [0.15, 0.2) is 48.5 Å². The van der Waals surface area contributed by atoms with Crippen molar-refractivity contribution in [3.63, 3.8) is 0 Å². The molecule has 2 aliphatic rings. The second kappa shape index (κ2) is 8.65. The van der Waals surface area contributed by atoms with Crippen LogP contribution in [-0.2, 0) is 4.74 Å². The van der Waals surface area contributed by atoms with Gasteiger partial charge in [0.2, 0.25) is 0 Å². The average molecular weight is 381 g/mol. The smallest absolute Gasteiger partial charge is 0.254 e. The lowest BCUT2D eigenvalue weighted by atomic mass is 10.0. The first-order chi connectivity index (χ1) is 13.7. The first-order valence-electron chi connectivity index (χ1n) is 10.0. The molecule has 0 unspecified atom stereocenters. The number of hydrogen-bond acceptors (Lipinski definition) is 4. The van der Waals surface area contributed by atoms with Gasteiger partial charge in [0, 0.05) is 18.7 Å². The van der Waals surface area contributed by atoms with Gasteiger partial charge in [-0.05, 0) is 61.6 Å². The SMILES string of the molecule is COc1ccc([C@@H]2CCCN2C(=O)c2cccc(OC[C@@H]3CCCO3)c2)cc1. The molecule has 2 heterocycles. The molecule has 2 aromatic carbocycles. The van der Waals surface area contributed by atoms with Crippen LogP contribution in [0.2, 0.25) is 0 Å². The lowest BCUT2D eigenvalue weighted by Gasteiger charge is -2.25. The third-order valence-electron chi connectivity index (χ3n) is 5.56. The zero-order valence-electron chi connectivity index (χ0n) is 16.3. The molecule has 2 fully saturated rings. The Morgan fingerprint density at radius 3 is 2.71 bits per heavy atom. The largest absolute Gasteiger partial charge is 0.497 e. The standard InChI is InChI=1S/C23H27NO4/c1-26-19-11-9-17(10-12-19)22-8-3-13-24(22)23(25)18-5-2-6-20(15-18)28-16-21-7-4-14-27-21/h2,5-6,9-12,15,21-22H,3-4,7-8,13-14,16H2,1H3/t21-,22-/m0/s1. The van der Waals surface area contributed by atoms with Gasteiger partial charge in [0.25, 0.3) is 5.91 Å². The summed E-state index contributed by atoms with van der Waals surface area (Å²) in [6.45, 7) is 2.13. The Hall–Kier alpha value is -2.53. The van der Waals surface area contributed by atoms with E-state index in [0.29, 0.717) is 12.2 Å². The number of rotatable bonds is 6. The molecule has 0 spiro atoms. The third kappa shape index (κ3) is 4.14. The molecule has 0 bridgehead atoms. The molecular formula is C23H27NO4. The summed E-state index contributed by atoms with van der Waals surface area (Å²) in [5.74, 6) is 1.61.